The SMILES string of the molecule is CNC1CCC(C(C)(C)C)CC1n1ncc2ccccc21. The van der Waals surface area contributed by atoms with Gasteiger partial charge in [0.15, 0.2) is 0 Å². The third kappa shape index (κ3) is 2.71. The highest BCUT2D eigenvalue weighted by molar-refractivity contribution is 5.78. The van der Waals surface area contributed by atoms with E-state index < -0.39 is 0 Å². The minimum atomic E-state index is 0.375. The summed E-state index contributed by atoms with van der Waals surface area (Å²) in [6.07, 6.45) is 5.76. The number of hydrogen-bond acceptors (Lipinski definition) is 2. The van der Waals surface area contributed by atoms with E-state index in [0.29, 0.717) is 17.5 Å². The number of fused-ring (bicyclic) bond motifs is 1. The van der Waals surface area contributed by atoms with Crippen molar-refractivity contribution in [1.82, 2.24) is 15.1 Å². The zero-order valence-corrected chi connectivity index (χ0v) is 13.6. The molecule has 3 nitrogen and oxygen atoms in total. The molecule has 0 aliphatic heterocycles. The van der Waals surface area contributed by atoms with Gasteiger partial charge in [0.1, 0.15) is 0 Å². The third-order valence-electron chi connectivity index (χ3n) is 5.23. The Kier molecular flexibility index (Phi) is 3.78. The lowest BCUT2D eigenvalue weighted by Crippen LogP contribution is -2.42. The molecule has 114 valence electrons. The lowest BCUT2D eigenvalue weighted by atomic mass is 9.69. The van der Waals surface area contributed by atoms with Crippen molar-refractivity contribution >= 4 is 10.9 Å². The minimum absolute atomic E-state index is 0.375. The Bertz CT molecular complexity index is 608. The highest BCUT2D eigenvalue weighted by Crippen LogP contribution is 2.42. The number of nitrogens with one attached hydrogen (secondary N) is 1. The Morgan fingerprint density at radius 1 is 1.19 bits per heavy atom. The van der Waals surface area contributed by atoms with Crippen LogP contribution in [0, 0.1) is 11.3 Å². The zero-order chi connectivity index (χ0) is 15.0. The van der Waals surface area contributed by atoms with Crippen LogP contribution in [0.15, 0.2) is 30.5 Å². The molecule has 0 saturated heterocycles. The third-order valence-corrected chi connectivity index (χ3v) is 5.23. The summed E-state index contributed by atoms with van der Waals surface area (Å²) in [6, 6.07) is 9.51. The van der Waals surface area contributed by atoms with E-state index in [-0.39, 0.29) is 0 Å². The molecule has 3 unspecified atom stereocenters. The maximum Gasteiger partial charge on any atom is 0.0686 e. The van der Waals surface area contributed by atoms with Crippen LogP contribution in [-0.2, 0) is 0 Å². The van der Waals surface area contributed by atoms with E-state index in [0.717, 1.165) is 5.92 Å². The lowest BCUT2D eigenvalue weighted by molar-refractivity contribution is 0.117. The van der Waals surface area contributed by atoms with Crippen LogP contribution in [0.25, 0.3) is 10.9 Å². The predicted molar refractivity (Wildman–Crippen MR) is 88.4 cm³/mol. The van der Waals surface area contributed by atoms with E-state index in [9.17, 15) is 0 Å². The second kappa shape index (κ2) is 5.45. The van der Waals surface area contributed by atoms with E-state index in [2.05, 4.69) is 62.1 Å². The van der Waals surface area contributed by atoms with Crippen molar-refractivity contribution < 1.29 is 0 Å². The monoisotopic (exact) mass is 285 g/mol. The lowest BCUT2D eigenvalue weighted by Gasteiger charge is -2.42. The molecule has 1 N–H and O–H groups in total. The molecule has 1 aromatic heterocycles. The standard InChI is InChI=1S/C18H27N3/c1-18(2,3)14-9-10-15(19-4)17(11-14)21-16-8-6-5-7-13(16)12-20-21/h5-8,12,14-15,17,19H,9-11H2,1-4H3. The predicted octanol–water partition coefficient (Wildman–Crippen LogP) is 4.01. The summed E-state index contributed by atoms with van der Waals surface area (Å²) in [5.74, 6) is 0.759. The Morgan fingerprint density at radius 3 is 2.67 bits per heavy atom. The van der Waals surface area contributed by atoms with Gasteiger partial charge in [-0.15, -0.1) is 0 Å². The summed E-state index contributed by atoms with van der Waals surface area (Å²) in [7, 11) is 2.08. The molecule has 3 rings (SSSR count). The van der Waals surface area contributed by atoms with Crippen LogP contribution in [0.4, 0.5) is 0 Å². The van der Waals surface area contributed by atoms with Crippen LogP contribution in [0.5, 0.6) is 0 Å². The molecule has 0 spiro atoms. The number of aromatic nitrogens is 2. The van der Waals surface area contributed by atoms with E-state index in [4.69, 9.17) is 5.10 Å². The van der Waals surface area contributed by atoms with Crippen LogP contribution in [0.2, 0.25) is 0 Å². The van der Waals surface area contributed by atoms with Gasteiger partial charge in [-0.25, -0.2) is 0 Å². The van der Waals surface area contributed by atoms with Crippen LogP contribution in [0.1, 0.15) is 46.1 Å². The Balaban J connectivity index is 1.96. The van der Waals surface area contributed by atoms with Crippen molar-refractivity contribution in [3.05, 3.63) is 30.5 Å². The molecule has 1 fully saturated rings. The minimum Gasteiger partial charge on any atom is -0.315 e. The van der Waals surface area contributed by atoms with Crippen LogP contribution in [0.3, 0.4) is 0 Å². The second-order valence-electron chi connectivity index (χ2n) is 7.49. The van der Waals surface area contributed by atoms with Crippen LogP contribution >= 0.6 is 0 Å². The maximum atomic E-state index is 4.71. The maximum absolute atomic E-state index is 4.71. The average Bonchev–Trinajstić information content (AvgIpc) is 2.89. The Hall–Kier alpha value is -1.35. The van der Waals surface area contributed by atoms with Gasteiger partial charge in [0, 0.05) is 11.4 Å². The van der Waals surface area contributed by atoms with E-state index in [1.807, 2.05) is 6.20 Å². The first-order valence-electron chi connectivity index (χ1n) is 8.10. The molecule has 1 aliphatic carbocycles. The number of rotatable bonds is 2. The van der Waals surface area contributed by atoms with Gasteiger partial charge in [0.2, 0.25) is 0 Å². The van der Waals surface area contributed by atoms with Crippen molar-refractivity contribution in [2.75, 3.05) is 7.05 Å². The quantitative estimate of drug-likeness (QED) is 0.903. The fourth-order valence-electron chi connectivity index (χ4n) is 3.80. The highest BCUT2D eigenvalue weighted by atomic mass is 15.3. The van der Waals surface area contributed by atoms with Gasteiger partial charge < -0.3 is 5.32 Å². The van der Waals surface area contributed by atoms with Crippen molar-refractivity contribution in [2.45, 2.75) is 52.1 Å². The van der Waals surface area contributed by atoms with Crippen molar-refractivity contribution in [1.29, 1.82) is 0 Å². The molecular weight excluding hydrogens is 258 g/mol. The van der Waals surface area contributed by atoms with Crippen molar-refractivity contribution in [3.63, 3.8) is 0 Å². The van der Waals surface area contributed by atoms with E-state index in [1.54, 1.807) is 0 Å². The largest absolute Gasteiger partial charge is 0.315 e. The number of nitrogens with zero attached hydrogens (tertiary/aromatic N) is 2. The van der Waals surface area contributed by atoms with Gasteiger partial charge in [-0.05, 0) is 43.7 Å². The first-order chi connectivity index (χ1) is 10.0. The fourth-order valence-corrected chi connectivity index (χ4v) is 3.80. The summed E-state index contributed by atoms with van der Waals surface area (Å²) in [4.78, 5) is 0. The van der Waals surface area contributed by atoms with Gasteiger partial charge in [0.25, 0.3) is 0 Å². The molecule has 0 bridgehead atoms. The number of benzene rings is 1. The molecule has 21 heavy (non-hydrogen) atoms. The van der Waals surface area contributed by atoms with Crippen LogP contribution < -0.4 is 5.32 Å². The number of hydrogen-bond donors (Lipinski definition) is 1. The first kappa shape index (κ1) is 14.6. The summed E-state index contributed by atoms with van der Waals surface area (Å²) < 4.78 is 2.26. The topological polar surface area (TPSA) is 29.9 Å². The molecule has 1 aliphatic rings. The van der Waals surface area contributed by atoms with Gasteiger partial charge in [0.05, 0.1) is 17.8 Å². The van der Waals surface area contributed by atoms with Gasteiger partial charge in [-0.3, -0.25) is 4.68 Å². The number of para-hydroxylation sites is 1. The highest BCUT2D eigenvalue weighted by Gasteiger charge is 2.36. The van der Waals surface area contributed by atoms with Crippen molar-refractivity contribution in [2.24, 2.45) is 11.3 Å². The number of likely N-dealkylation sites (N-methyl/N-ethyl adjacent to an activating group) is 1. The molecular formula is C18H27N3. The van der Waals surface area contributed by atoms with Crippen LogP contribution in [-0.4, -0.2) is 22.9 Å². The Labute approximate surface area is 127 Å². The molecule has 3 heteroatoms. The zero-order valence-electron chi connectivity index (χ0n) is 13.6. The normalized spacial score (nSPS) is 27.1. The molecule has 1 heterocycles. The Morgan fingerprint density at radius 2 is 1.95 bits per heavy atom. The average molecular weight is 285 g/mol. The van der Waals surface area contributed by atoms with Crippen molar-refractivity contribution in [3.8, 4) is 0 Å². The summed E-state index contributed by atoms with van der Waals surface area (Å²) in [5.41, 5.74) is 1.64. The molecule has 3 atom stereocenters. The first-order valence-corrected chi connectivity index (χ1v) is 8.10. The smallest absolute Gasteiger partial charge is 0.0686 e. The molecule has 2 aromatic rings. The van der Waals surface area contributed by atoms with E-state index >= 15 is 0 Å². The molecule has 1 saturated carbocycles. The van der Waals surface area contributed by atoms with Gasteiger partial charge in [-0.2, -0.15) is 5.10 Å². The van der Waals surface area contributed by atoms with E-state index in [1.165, 1.54) is 30.2 Å². The summed E-state index contributed by atoms with van der Waals surface area (Å²) in [6.45, 7) is 7.11. The second-order valence-corrected chi connectivity index (χ2v) is 7.49. The molecule has 1 aromatic carbocycles. The molecule has 0 radical (unpaired) electrons. The summed E-state index contributed by atoms with van der Waals surface area (Å²) >= 11 is 0. The summed E-state index contributed by atoms with van der Waals surface area (Å²) in [5, 5.41) is 9.47. The van der Waals surface area contributed by atoms with Gasteiger partial charge in [-0.1, -0.05) is 39.0 Å². The van der Waals surface area contributed by atoms with Gasteiger partial charge >= 0.3 is 0 Å². The molecule has 0 amide bonds. The fraction of sp³-hybridized carbons (Fsp3) is 0.611.